The van der Waals surface area contributed by atoms with Crippen molar-refractivity contribution in [3.8, 4) is 17.4 Å². The Morgan fingerprint density at radius 2 is 2.00 bits per heavy atom. The van der Waals surface area contributed by atoms with Crippen LogP contribution in [-0.2, 0) is 13.0 Å². The van der Waals surface area contributed by atoms with Crippen molar-refractivity contribution in [2.24, 2.45) is 5.73 Å². The fourth-order valence-corrected chi connectivity index (χ4v) is 3.90. The molecule has 0 fully saturated rings. The highest BCUT2D eigenvalue weighted by molar-refractivity contribution is 5.99. The molecule has 5 rings (SSSR count). The Bertz CT molecular complexity index is 1280. The minimum Gasteiger partial charge on any atom is -0.477 e. The summed E-state index contributed by atoms with van der Waals surface area (Å²) in [5.74, 6) is 1.31. The van der Waals surface area contributed by atoms with Crippen molar-refractivity contribution < 1.29 is 9.53 Å². The number of amides is 1. The number of primary amides is 1. The third kappa shape index (κ3) is 3.46. The van der Waals surface area contributed by atoms with Gasteiger partial charge in [0.25, 0.3) is 5.91 Å². The number of carbonyl (C=O) groups is 1. The van der Waals surface area contributed by atoms with E-state index in [1.54, 1.807) is 16.5 Å². The van der Waals surface area contributed by atoms with Gasteiger partial charge in [-0.2, -0.15) is 4.98 Å². The molecule has 3 aromatic heterocycles. The summed E-state index contributed by atoms with van der Waals surface area (Å²) in [6.45, 7) is 3.13. The largest absolute Gasteiger partial charge is 0.477 e. The van der Waals surface area contributed by atoms with Crippen LogP contribution in [0.1, 0.15) is 33.6 Å². The first-order valence-electron chi connectivity index (χ1n) is 10.2. The zero-order valence-corrected chi connectivity index (χ0v) is 17.1. The van der Waals surface area contributed by atoms with Crippen LogP contribution in [0.3, 0.4) is 0 Å². The maximum atomic E-state index is 11.8. The number of benzene rings is 1. The molecule has 4 heterocycles. The van der Waals surface area contributed by atoms with Gasteiger partial charge in [0.2, 0.25) is 5.88 Å². The number of aromatic nitrogens is 4. The highest BCUT2D eigenvalue weighted by Crippen LogP contribution is 2.33. The van der Waals surface area contributed by atoms with Gasteiger partial charge in [-0.1, -0.05) is 30.3 Å². The van der Waals surface area contributed by atoms with Gasteiger partial charge in [-0.15, -0.1) is 0 Å². The normalized spacial score (nSPS) is 12.9. The van der Waals surface area contributed by atoms with Gasteiger partial charge in [0.05, 0.1) is 23.4 Å². The monoisotopic (exact) mass is 414 g/mol. The summed E-state index contributed by atoms with van der Waals surface area (Å²) in [5, 5.41) is 3.45. The number of rotatable bonds is 5. The van der Waals surface area contributed by atoms with Crippen molar-refractivity contribution in [1.82, 2.24) is 19.4 Å². The van der Waals surface area contributed by atoms with E-state index in [0.29, 0.717) is 47.5 Å². The summed E-state index contributed by atoms with van der Waals surface area (Å²) >= 11 is 0. The molecule has 8 heteroatoms. The Kier molecular flexibility index (Phi) is 4.74. The third-order valence-corrected chi connectivity index (χ3v) is 5.38. The van der Waals surface area contributed by atoms with Gasteiger partial charge in [-0.25, -0.2) is 9.97 Å². The predicted molar refractivity (Wildman–Crippen MR) is 117 cm³/mol. The van der Waals surface area contributed by atoms with Crippen molar-refractivity contribution in [3.05, 3.63) is 71.0 Å². The van der Waals surface area contributed by atoms with Crippen molar-refractivity contribution in [3.63, 3.8) is 0 Å². The molecule has 1 aliphatic heterocycles. The maximum Gasteiger partial charge on any atom is 0.252 e. The number of fused-ring (bicyclic) bond motifs is 2. The lowest BCUT2D eigenvalue weighted by atomic mass is 10.1. The lowest BCUT2D eigenvalue weighted by Gasteiger charge is -2.20. The molecule has 0 bridgehead atoms. The molecular formula is C23H22N6O2. The van der Waals surface area contributed by atoms with Crippen molar-refractivity contribution in [1.29, 1.82) is 0 Å². The Balaban J connectivity index is 1.62. The molecule has 1 aliphatic rings. The van der Waals surface area contributed by atoms with Crippen LogP contribution >= 0.6 is 0 Å². The van der Waals surface area contributed by atoms with Gasteiger partial charge in [-0.05, 0) is 37.5 Å². The van der Waals surface area contributed by atoms with E-state index in [4.69, 9.17) is 20.4 Å². The number of carbonyl (C=O) groups excluding carboxylic acids is 1. The van der Waals surface area contributed by atoms with Crippen LogP contribution in [0, 0.1) is 6.92 Å². The van der Waals surface area contributed by atoms with Crippen LogP contribution in [0.15, 0.2) is 48.7 Å². The first kappa shape index (κ1) is 19.0. The number of pyridine rings is 1. The lowest BCUT2D eigenvalue weighted by molar-refractivity contribution is 0.100. The van der Waals surface area contributed by atoms with E-state index in [1.165, 1.54) is 0 Å². The molecule has 1 amide bonds. The topological polar surface area (TPSA) is 107 Å². The standard InChI is InChI=1S/C23H22N6O2/c1-14-18(29-11-5-9-16(19(24)30)22(29)26-14)21-27-20(17-10-6-12-31-23(17)28-21)25-13-15-7-3-2-4-8-15/h2-5,7-9,11H,6,10,12-13H2,1H3,(H2,24,30)(H,25,27,28). The average Bonchev–Trinajstić information content (AvgIpc) is 3.13. The number of anilines is 1. The van der Waals surface area contributed by atoms with Crippen molar-refractivity contribution >= 4 is 17.4 Å². The lowest BCUT2D eigenvalue weighted by Crippen LogP contribution is -2.16. The van der Waals surface area contributed by atoms with Crippen LogP contribution in [0.25, 0.3) is 17.2 Å². The highest BCUT2D eigenvalue weighted by atomic mass is 16.5. The molecular weight excluding hydrogens is 392 g/mol. The van der Waals surface area contributed by atoms with Gasteiger partial charge in [0.15, 0.2) is 5.82 Å². The van der Waals surface area contributed by atoms with E-state index < -0.39 is 5.91 Å². The molecule has 156 valence electrons. The van der Waals surface area contributed by atoms with Gasteiger partial charge >= 0.3 is 0 Å². The Labute approximate surface area is 179 Å². The van der Waals surface area contributed by atoms with Crippen LogP contribution in [0.2, 0.25) is 0 Å². The smallest absolute Gasteiger partial charge is 0.252 e. The second-order valence-corrected chi connectivity index (χ2v) is 7.50. The summed E-state index contributed by atoms with van der Waals surface area (Å²) in [5.41, 5.74) is 9.93. The third-order valence-electron chi connectivity index (χ3n) is 5.38. The second-order valence-electron chi connectivity index (χ2n) is 7.50. The molecule has 4 aromatic rings. The molecule has 31 heavy (non-hydrogen) atoms. The predicted octanol–water partition coefficient (Wildman–Crippen LogP) is 3.14. The van der Waals surface area contributed by atoms with E-state index in [1.807, 2.05) is 31.3 Å². The molecule has 3 N–H and O–H groups in total. The first-order valence-corrected chi connectivity index (χ1v) is 10.2. The van der Waals surface area contributed by atoms with Gasteiger partial charge in [0.1, 0.15) is 17.2 Å². The fourth-order valence-electron chi connectivity index (χ4n) is 3.90. The number of nitrogens with zero attached hydrogens (tertiary/aromatic N) is 4. The fraction of sp³-hybridized carbons (Fsp3) is 0.217. The number of aryl methyl sites for hydroxylation is 1. The molecule has 8 nitrogen and oxygen atoms in total. The number of hydrogen-bond acceptors (Lipinski definition) is 6. The summed E-state index contributed by atoms with van der Waals surface area (Å²) in [6.07, 6.45) is 3.61. The molecule has 0 spiro atoms. The number of hydrogen-bond donors (Lipinski definition) is 2. The van der Waals surface area contributed by atoms with E-state index in [9.17, 15) is 4.79 Å². The van der Waals surface area contributed by atoms with E-state index >= 15 is 0 Å². The van der Waals surface area contributed by atoms with E-state index in [-0.39, 0.29) is 0 Å². The van der Waals surface area contributed by atoms with Gasteiger partial charge < -0.3 is 15.8 Å². The molecule has 0 radical (unpaired) electrons. The van der Waals surface area contributed by atoms with Gasteiger partial charge in [0, 0.05) is 12.7 Å². The zero-order valence-electron chi connectivity index (χ0n) is 17.1. The Morgan fingerprint density at radius 1 is 1.16 bits per heavy atom. The van der Waals surface area contributed by atoms with Crippen LogP contribution in [0.5, 0.6) is 5.88 Å². The quantitative estimate of drug-likeness (QED) is 0.520. The highest BCUT2D eigenvalue weighted by Gasteiger charge is 2.23. The summed E-state index contributed by atoms with van der Waals surface area (Å²) in [6, 6.07) is 13.6. The summed E-state index contributed by atoms with van der Waals surface area (Å²) < 4.78 is 7.68. The number of ether oxygens (including phenoxy) is 1. The van der Waals surface area contributed by atoms with Crippen LogP contribution < -0.4 is 15.8 Å². The van der Waals surface area contributed by atoms with Crippen molar-refractivity contribution in [2.45, 2.75) is 26.3 Å². The first-order chi connectivity index (χ1) is 15.1. The minimum atomic E-state index is -0.526. The van der Waals surface area contributed by atoms with Crippen LogP contribution in [-0.4, -0.2) is 31.9 Å². The molecule has 1 aromatic carbocycles. The molecule has 0 saturated carbocycles. The molecule has 0 unspecified atom stereocenters. The second kappa shape index (κ2) is 7.71. The number of nitrogens with two attached hydrogens (primary N) is 1. The SMILES string of the molecule is Cc1nc2c(C(N)=O)cccn2c1-c1nc(NCc2ccccc2)c2c(n1)OCCC2. The number of nitrogens with one attached hydrogen (secondary N) is 1. The van der Waals surface area contributed by atoms with Crippen LogP contribution in [0.4, 0.5) is 5.82 Å². The average molecular weight is 414 g/mol. The van der Waals surface area contributed by atoms with Crippen molar-refractivity contribution in [2.75, 3.05) is 11.9 Å². The van der Waals surface area contributed by atoms with E-state index in [0.717, 1.165) is 29.8 Å². The summed E-state index contributed by atoms with van der Waals surface area (Å²) in [7, 11) is 0. The number of imidazole rings is 1. The summed E-state index contributed by atoms with van der Waals surface area (Å²) in [4.78, 5) is 26.0. The Hall–Kier alpha value is -3.94. The molecule has 0 atom stereocenters. The molecule has 0 saturated heterocycles. The minimum absolute atomic E-state index is 0.355. The zero-order chi connectivity index (χ0) is 21.4. The van der Waals surface area contributed by atoms with E-state index in [2.05, 4.69) is 22.4 Å². The van der Waals surface area contributed by atoms with Gasteiger partial charge in [-0.3, -0.25) is 9.20 Å². The Morgan fingerprint density at radius 3 is 2.81 bits per heavy atom. The molecule has 0 aliphatic carbocycles. The maximum absolute atomic E-state index is 11.8.